The Balaban J connectivity index is 1.66. The molecule has 26 heavy (non-hydrogen) atoms. The Morgan fingerprint density at radius 1 is 1.23 bits per heavy atom. The van der Waals surface area contributed by atoms with Crippen LogP contribution in [0.2, 0.25) is 0 Å². The van der Waals surface area contributed by atoms with Gasteiger partial charge in [0.15, 0.2) is 0 Å². The molecule has 0 bridgehead atoms. The van der Waals surface area contributed by atoms with E-state index < -0.39 is 24.6 Å². The maximum atomic E-state index is 13.0. The Labute approximate surface area is 152 Å². The number of halogens is 3. The summed E-state index contributed by atoms with van der Waals surface area (Å²) in [5.41, 5.74) is 1.58. The van der Waals surface area contributed by atoms with Crippen molar-refractivity contribution >= 4 is 11.7 Å². The quantitative estimate of drug-likeness (QED) is 0.780. The summed E-state index contributed by atoms with van der Waals surface area (Å²) in [5.74, 6) is -0.0582. The van der Waals surface area contributed by atoms with Crippen molar-refractivity contribution in [1.82, 2.24) is 14.9 Å². The molecule has 0 aliphatic carbocycles. The van der Waals surface area contributed by atoms with E-state index >= 15 is 0 Å². The molecule has 0 aromatic carbocycles. The van der Waals surface area contributed by atoms with E-state index in [0.717, 1.165) is 17.2 Å². The number of aromatic nitrogens is 2. The lowest BCUT2D eigenvalue weighted by Crippen LogP contribution is -2.32. The molecule has 2 aromatic rings. The zero-order chi connectivity index (χ0) is 21.1. The summed E-state index contributed by atoms with van der Waals surface area (Å²) in [7, 11) is 0. The molecular weight excluding hydrogens is 345 g/mol. The highest BCUT2D eigenvalue weighted by molar-refractivity contribution is 5.98. The SMILES string of the molecule is [2H]C([2H])([2H])N1Cc2nc(N3CCc4ncc(C(F)(F)F)cc4C3)c(C)cc2C1=O. The van der Waals surface area contributed by atoms with E-state index in [0.29, 0.717) is 41.3 Å². The lowest BCUT2D eigenvalue weighted by Gasteiger charge is -2.31. The number of carbonyl (C=O) groups is 1. The molecule has 2 aromatic heterocycles. The van der Waals surface area contributed by atoms with Gasteiger partial charge in [-0.3, -0.25) is 9.78 Å². The van der Waals surface area contributed by atoms with Crippen molar-refractivity contribution in [3.05, 3.63) is 52.0 Å². The molecule has 0 fully saturated rings. The molecule has 136 valence electrons. The van der Waals surface area contributed by atoms with Gasteiger partial charge in [-0.1, -0.05) is 0 Å². The molecule has 8 heteroatoms. The second kappa shape index (κ2) is 5.69. The summed E-state index contributed by atoms with van der Waals surface area (Å²) in [6.07, 6.45) is -3.15. The van der Waals surface area contributed by atoms with Gasteiger partial charge in [0.25, 0.3) is 5.91 Å². The number of hydrogen-bond acceptors (Lipinski definition) is 4. The van der Waals surface area contributed by atoms with Crippen LogP contribution in [0.4, 0.5) is 19.0 Å². The minimum absolute atomic E-state index is 0.123. The number of anilines is 1. The molecule has 0 saturated heterocycles. The van der Waals surface area contributed by atoms with Gasteiger partial charge in [0.1, 0.15) is 5.82 Å². The standard InChI is InChI=1S/C18H17F3N4O/c1-10-5-13-15(9-24(2)17(13)26)23-16(10)25-4-3-14-11(8-25)6-12(7-22-14)18(19,20)21/h5-7H,3-4,8-9H2,1-2H3/i2D3. The third kappa shape index (κ3) is 2.69. The smallest absolute Gasteiger partial charge is 0.352 e. The number of carbonyl (C=O) groups excluding carboxylic acids is 1. The fourth-order valence-electron chi connectivity index (χ4n) is 3.40. The Bertz CT molecular complexity index is 1010. The molecule has 4 rings (SSSR count). The monoisotopic (exact) mass is 365 g/mol. The topological polar surface area (TPSA) is 49.3 Å². The van der Waals surface area contributed by atoms with Crippen molar-refractivity contribution in [3.8, 4) is 0 Å². The van der Waals surface area contributed by atoms with Crippen molar-refractivity contribution in [2.45, 2.75) is 32.6 Å². The molecule has 5 nitrogen and oxygen atoms in total. The van der Waals surface area contributed by atoms with E-state index in [4.69, 9.17) is 4.11 Å². The molecule has 0 unspecified atom stereocenters. The third-order valence-corrected chi connectivity index (χ3v) is 4.72. The maximum absolute atomic E-state index is 13.0. The predicted molar refractivity (Wildman–Crippen MR) is 88.8 cm³/mol. The molecule has 1 amide bonds. The predicted octanol–water partition coefficient (Wildman–Crippen LogP) is 2.95. The normalized spacial score (nSPS) is 18.9. The van der Waals surface area contributed by atoms with Gasteiger partial charge in [0, 0.05) is 42.5 Å². The van der Waals surface area contributed by atoms with Crippen LogP contribution < -0.4 is 4.90 Å². The molecule has 0 N–H and O–H groups in total. The second-order valence-corrected chi connectivity index (χ2v) is 6.51. The largest absolute Gasteiger partial charge is 0.417 e. The summed E-state index contributed by atoms with van der Waals surface area (Å²) in [6.45, 7) is -0.226. The molecular formula is C18H17F3N4O. The van der Waals surface area contributed by atoms with Crippen LogP contribution in [0.1, 0.15) is 42.5 Å². The average Bonchev–Trinajstić information content (AvgIpc) is 2.95. The van der Waals surface area contributed by atoms with Crippen LogP contribution in [-0.2, 0) is 25.7 Å². The van der Waals surface area contributed by atoms with Gasteiger partial charge in [0.05, 0.1) is 23.4 Å². The fraction of sp³-hybridized carbons (Fsp3) is 0.389. The van der Waals surface area contributed by atoms with Crippen LogP contribution in [0.5, 0.6) is 0 Å². The van der Waals surface area contributed by atoms with E-state index in [-0.39, 0.29) is 18.7 Å². The first kappa shape index (κ1) is 13.5. The van der Waals surface area contributed by atoms with Crippen LogP contribution in [0.25, 0.3) is 0 Å². The number of pyridine rings is 2. The molecule has 0 saturated carbocycles. The molecule has 2 aliphatic heterocycles. The van der Waals surface area contributed by atoms with Crippen LogP contribution in [0, 0.1) is 6.92 Å². The second-order valence-electron chi connectivity index (χ2n) is 6.51. The third-order valence-electron chi connectivity index (χ3n) is 4.72. The van der Waals surface area contributed by atoms with Crippen molar-refractivity contribution in [1.29, 1.82) is 0 Å². The van der Waals surface area contributed by atoms with Crippen LogP contribution >= 0.6 is 0 Å². The van der Waals surface area contributed by atoms with E-state index in [2.05, 4.69) is 9.97 Å². The number of aryl methyl sites for hydroxylation is 1. The van der Waals surface area contributed by atoms with Gasteiger partial charge >= 0.3 is 6.18 Å². The molecule has 0 radical (unpaired) electrons. The molecule has 2 aliphatic rings. The lowest BCUT2D eigenvalue weighted by molar-refractivity contribution is -0.137. The number of nitrogens with zero attached hydrogens (tertiary/aromatic N) is 4. The zero-order valence-corrected chi connectivity index (χ0v) is 13.9. The number of alkyl halides is 3. The van der Waals surface area contributed by atoms with Crippen LogP contribution in [0.3, 0.4) is 0 Å². The van der Waals surface area contributed by atoms with Gasteiger partial charge in [-0.25, -0.2) is 4.98 Å². The van der Waals surface area contributed by atoms with Gasteiger partial charge in [-0.2, -0.15) is 13.2 Å². The van der Waals surface area contributed by atoms with Crippen molar-refractivity contribution < 1.29 is 22.1 Å². The van der Waals surface area contributed by atoms with Crippen molar-refractivity contribution in [2.24, 2.45) is 0 Å². The number of amides is 1. The van der Waals surface area contributed by atoms with Gasteiger partial charge in [-0.05, 0) is 30.2 Å². The van der Waals surface area contributed by atoms with Crippen molar-refractivity contribution in [3.63, 3.8) is 0 Å². The number of fused-ring (bicyclic) bond motifs is 2. The van der Waals surface area contributed by atoms with E-state index in [1.54, 1.807) is 13.0 Å². The van der Waals surface area contributed by atoms with E-state index in [9.17, 15) is 18.0 Å². The first-order chi connectivity index (χ1) is 13.4. The highest BCUT2D eigenvalue weighted by atomic mass is 19.4. The van der Waals surface area contributed by atoms with E-state index in [1.807, 2.05) is 4.90 Å². The maximum Gasteiger partial charge on any atom is 0.417 e. The lowest BCUT2D eigenvalue weighted by atomic mass is 10.0. The van der Waals surface area contributed by atoms with Crippen molar-refractivity contribution in [2.75, 3.05) is 18.4 Å². The van der Waals surface area contributed by atoms with Crippen LogP contribution in [-0.4, -0.2) is 34.3 Å². The highest BCUT2D eigenvalue weighted by Crippen LogP contribution is 2.33. The Kier molecular flexibility index (Phi) is 2.96. The Hall–Kier alpha value is -2.64. The van der Waals surface area contributed by atoms with E-state index in [1.165, 1.54) is 0 Å². The number of rotatable bonds is 1. The minimum atomic E-state index is -4.47. The Morgan fingerprint density at radius 3 is 2.77 bits per heavy atom. The Morgan fingerprint density at radius 2 is 2.04 bits per heavy atom. The molecule has 0 atom stereocenters. The van der Waals surface area contributed by atoms with Gasteiger partial charge < -0.3 is 9.80 Å². The number of hydrogen-bond donors (Lipinski definition) is 0. The average molecular weight is 365 g/mol. The first-order valence-corrected chi connectivity index (χ1v) is 8.07. The molecule has 0 spiro atoms. The minimum Gasteiger partial charge on any atom is -0.352 e. The first-order valence-electron chi connectivity index (χ1n) is 9.57. The van der Waals surface area contributed by atoms with Gasteiger partial charge in [0.2, 0.25) is 0 Å². The highest BCUT2D eigenvalue weighted by Gasteiger charge is 2.33. The molecule has 4 heterocycles. The summed E-state index contributed by atoms with van der Waals surface area (Å²) in [5, 5.41) is 0. The van der Waals surface area contributed by atoms with Gasteiger partial charge in [-0.15, -0.1) is 0 Å². The summed E-state index contributed by atoms with van der Waals surface area (Å²) >= 11 is 0. The van der Waals surface area contributed by atoms with Crippen LogP contribution in [0.15, 0.2) is 18.3 Å². The summed E-state index contributed by atoms with van der Waals surface area (Å²) < 4.78 is 61.5. The zero-order valence-electron chi connectivity index (χ0n) is 16.9. The summed E-state index contributed by atoms with van der Waals surface area (Å²) in [4.78, 5) is 23.5. The fourth-order valence-corrected chi connectivity index (χ4v) is 3.40. The summed E-state index contributed by atoms with van der Waals surface area (Å²) in [6, 6.07) is 2.71.